The summed E-state index contributed by atoms with van der Waals surface area (Å²) >= 11 is 0. The SMILES string of the molecule is O=C(O)CN(CC1CC1)C(=O)c1ncn[nH]1. The van der Waals surface area contributed by atoms with E-state index in [0.717, 1.165) is 12.8 Å². The van der Waals surface area contributed by atoms with Gasteiger partial charge >= 0.3 is 5.97 Å². The quantitative estimate of drug-likeness (QED) is 0.718. The van der Waals surface area contributed by atoms with Gasteiger partial charge < -0.3 is 10.0 Å². The minimum atomic E-state index is -1.02. The number of aromatic nitrogens is 3. The van der Waals surface area contributed by atoms with Gasteiger partial charge in [-0.15, -0.1) is 0 Å². The van der Waals surface area contributed by atoms with Crippen molar-refractivity contribution in [3.8, 4) is 0 Å². The van der Waals surface area contributed by atoms with Crippen LogP contribution in [0, 0.1) is 5.92 Å². The number of H-pyrrole nitrogens is 1. The maximum Gasteiger partial charge on any atom is 0.323 e. The highest BCUT2D eigenvalue weighted by Crippen LogP contribution is 2.29. The van der Waals surface area contributed by atoms with E-state index in [2.05, 4.69) is 15.2 Å². The maximum absolute atomic E-state index is 11.8. The molecule has 0 saturated heterocycles. The molecular weight excluding hydrogens is 212 g/mol. The first kappa shape index (κ1) is 10.6. The van der Waals surface area contributed by atoms with Gasteiger partial charge in [-0.1, -0.05) is 0 Å². The van der Waals surface area contributed by atoms with Crippen molar-refractivity contribution >= 4 is 11.9 Å². The molecule has 86 valence electrons. The second-order valence-corrected chi connectivity index (χ2v) is 3.86. The van der Waals surface area contributed by atoms with Crippen molar-refractivity contribution in [2.75, 3.05) is 13.1 Å². The molecule has 0 atom stereocenters. The number of rotatable bonds is 5. The highest BCUT2D eigenvalue weighted by molar-refractivity contribution is 5.92. The van der Waals surface area contributed by atoms with Gasteiger partial charge in [-0.3, -0.25) is 14.7 Å². The third-order valence-corrected chi connectivity index (χ3v) is 2.41. The lowest BCUT2D eigenvalue weighted by Crippen LogP contribution is -2.37. The molecule has 0 aliphatic heterocycles. The lowest BCUT2D eigenvalue weighted by atomic mass is 10.3. The molecule has 0 radical (unpaired) electrons. The Bertz CT molecular complexity index is 385. The second kappa shape index (κ2) is 4.30. The normalized spacial score (nSPS) is 14.8. The van der Waals surface area contributed by atoms with Gasteiger partial charge in [0.15, 0.2) is 0 Å². The van der Waals surface area contributed by atoms with Crippen molar-refractivity contribution in [2.45, 2.75) is 12.8 Å². The summed E-state index contributed by atoms with van der Waals surface area (Å²) in [4.78, 5) is 27.5. The fourth-order valence-electron chi connectivity index (χ4n) is 1.45. The first-order valence-electron chi connectivity index (χ1n) is 5.03. The number of nitrogens with zero attached hydrogens (tertiary/aromatic N) is 3. The van der Waals surface area contributed by atoms with Crippen molar-refractivity contribution in [2.24, 2.45) is 5.92 Å². The molecule has 2 rings (SSSR count). The largest absolute Gasteiger partial charge is 0.480 e. The summed E-state index contributed by atoms with van der Waals surface area (Å²) in [6, 6.07) is 0. The number of aliphatic carboxylic acids is 1. The third-order valence-electron chi connectivity index (χ3n) is 2.41. The van der Waals surface area contributed by atoms with Gasteiger partial charge in [0.25, 0.3) is 5.91 Å². The van der Waals surface area contributed by atoms with Crippen LogP contribution in [-0.2, 0) is 4.79 Å². The molecule has 1 aliphatic carbocycles. The molecule has 1 aliphatic rings. The minimum absolute atomic E-state index is 0.0851. The number of carboxylic acids is 1. The Morgan fingerprint density at radius 1 is 1.56 bits per heavy atom. The van der Waals surface area contributed by atoms with E-state index >= 15 is 0 Å². The fraction of sp³-hybridized carbons (Fsp3) is 0.556. The molecule has 1 heterocycles. The Labute approximate surface area is 91.5 Å². The second-order valence-electron chi connectivity index (χ2n) is 3.86. The highest BCUT2D eigenvalue weighted by Gasteiger charge is 2.29. The molecule has 0 unspecified atom stereocenters. The maximum atomic E-state index is 11.8. The van der Waals surface area contributed by atoms with Crippen LogP contribution in [0.15, 0.2) is 6.33 Å². The zero-order valence-electron chi connectivity index (χ0n) is 8.59. The molecule has 1 aromatic rings. The lowest BCUT2D eigenvalue weighted by Gasteiger charge is -2.18. The molecule has 0 aromatic carbocycles. The predicted molar refractivity (Wildman–Crippen MR) is 52.6 cm³/mol. The summed E-state index contributed by atoms with van der Waals surface area (Å²) < 4.78 is 0. The first-order valence-corrected chi connectivity index (χ1v) is 5.03. The molecule has 0 bridgehead atoms. The zero-order valence-corrected chi connectivity index (χ0v) is 8.59. The van der Waals surface area contributed by atoms with Gasteiger partial charge in [-0.2, -0.15) is 5.10 Å². The zero-order chi connectivity index (χ0) is 11.5. The number of carboxylic acid groups (broad SMARTS) is 1. The molecule has 0 spiro atoms. The lowest BCUT2D eigenvalue weighted by molar-refractivity contribution is -0.137. The van der Waals surface area contributed by atoms with Crippen LogP contribution in [0.1, 0.15) is 23.5 Å². The molecular formula is C9H12N4O3. The van der Waals surface area contributed by atoms with Crippen LogP contribution < -0.4 is 0 Å². The summed E-state index contributed by atoms with van der Waals surface area (Å²) in [7, 11) is 0. The fourth-order valence-corrected chi connectivity index (χ4v) is 1.45. The van der Waals surface area contributed by atoms with E-state index in [1.54, 1.807) is 0 Å². The minimum Gasteiger partial charge on any atom is -0.480 e. The molecule has 1 amide bonds. The van der Waals surface area contributed by atoms with Crippen LogP contribution in [0.5, 0.6) is 0 Å². The average Bonchev–Trinajstić information content (AvgIpc) is 2.88. The predicted octanol–water partition coefficient (Wildman–Crippen LogP) is -0.259. The number of aromatic amines is 1. The van der Waals surface area contributed by atoms with E-state index in [-0.39, 0.29) is 12.4 Å². The van der Waals surface area contributed by atoms with Gasteiger partial charge in [-0.25, -0.2) is 4.98 Å². The monoisotopic (exact) mass is 224 g/mol. The molecule has 7 heteroatoms. The van der Waals surface area contributed by atoms with Crippen LogP contribution in [0.4, 0.5) is 0 Å². The number of carbonyl (C=O) groups is 2. The van der Waals surface area contributed by atoms with Crippen LogP contribution >= 0.6 is 0 Å². The molecule has 1 saturated carbocycles. The van der Waals surface area contributed by atoms with Gasteiger partial charge in [0.2, 0.25) is 5.82 Å². The van der Waals surface area contributed by atoms with Crippen molar-refractivity contribution in [1.82, 2.24) is 20.1 Å². The first-order chi connectivity index (χ1) is 7.66. The smallest absolute Gasteiger partial charge is 0.323 e. The Kier molecular flexibility index (Phi) is 2.84. The summed E-state index contributed by atoms with van der Waals surface area (Å²) in [5, 5.41) is 14.7. The Hall–Kier alpha value is -1.92. The van der Waals surface area contributed by atoms with Crippen LogP contribution in [0.25, 0.3) is 0 Å². The molecule has 7 nitrogen and oxygen atoms in total. The van der Waals surface area contributed by atoms with E-state index < -0.39 is 11.9 Å². The van der Waals surface area contributed by atoms with Crippen molar-refractivity contribution in [3.05, 3.63) is 12.2 Å². The average molecular weight is 224 g/mol. The van der Waals surface area contributed by atoms with Crippen molar-refractivity contribution in [1.29, 1.82) is 0 Å². The molecule has 2 N–H and O–H groups in total. The number of nitrogens with one attached hydrogen (secondary N) is 1. The standard InChI is InChI=1S/C9H12N4O3/c14-7(15)4-13(3-6-1-2-6)9(16)8-10-5-11-12-8/h5-6H,1-4H2,(H,14,15)(H,10,11,12). The topological polar surface area (TPSA) is 99.2 Å². The van der Waals surface area contributed by atoms with Crippen LogP contribution in [0.2, 0.25) is 0 Å². The molecule has 1 fully saturated rings. The van der Waals surface area contributed by atoms with E-state index in [4.69, 9.17) is 5.11 Å². The Balaban J connectivity index is 2.04. The van der Waals surface area contributed by atoms with E-state index in [9.17, 15) is 9.59 Å². The summed E-state index contributed by atoms with van der Waals surface area (Å²) in [5.74, 6) is -0.909. The van der Waals surface area contributed by atoms with Crippen LogP contribution in [-0.4, -0.2) is 50.2 Å². The van der Waals surface area contributed by atoms with Crippen molar-refractivity contribution in [3.63, 3.8) is 0 Å². The van der Waals surface area contributed by atoms with Crippen LogP contribution in [0.3, 0.4) is 0 Å². The van der Waals surface area contributed by atoms with E-state index in [1.165, 1.54) is 11.2 Å². The Morgan fingerprint density at radius 3 is 2.81 bits per heavy atom. The molecule has 16 heavy (non-hydrogen) atoms. The Morgan fingerprint density at radius 2 is 2.31 bits per heavy atom. The van der Waals surface area contributed by atoms with Gasteiger partial charge in [0.05, 0.1) is 0 Å². The van der Waals surface area contributed by atoms with E-state index in [1.807, 2.05) is 0 Å². The van der Waals surface area contributed by atoms with Crippen molar-refractivity contribution < 1.29 is 14.7 Å². The number of hydrogen-bond acceptors (Lipinski definition) is 4. The number of amides is 1. The van der Waals surface area contributed by atoms with Gasteiger partial charge in [-0.05, 0) is 18.8 Å². The summed E-state index contributed by atoms with van der Waals surface area (Å²) in [5.41, 5.74) is 0. The number of carbonyl (C=O) groups excluding carboxylic acids is 1. The summed E-state index contributed by atoms with van der Waals surface area (Å²) in [6.45, 7) is 0.182. The van der Waals surface area contributed by atoms with Gasteiger partial charge in [0, 0.05) is 6.54 Å². The number of hydrogen-bond donors (Lipinski definition) is 2. The highest BCUT2D eigenvalue weighted by atomic mass is 16.4. The van der Waals surface area contributed by atoms with Gasteiger partial charge in [0.1, 0.15) is 12.9 Å². The van der Waals surface area contributed by atoms with E-state index in [0.29, 0.717) is 12.5 Å². The third kappa shape index (κ3) is 2.56. The molecule has 1 aromatic heterocycles. The summed E-state index contributed by atoms with van der Waals surface area (Å²) in [6.07, 6.45) is 3.34.